The molecule has 6 heteroatoms. The van der Waals surface area contributed by atoms with E-state index in [1.165, 1.54) is 0 Å². The molecule has 1 fully saturated rings. The molecule has 0 saturated carbocycles. The summed E-state index contributed by atoms with van der Waals surface area (Å²) >= 11 is 5.85. The first-order valence-corrected chi connectivity index (χ1v) is 7.85. The van der Waals surface area contributed by atoms with Crippen LogP contribution in [0, 0.1) is 0 Å². The second kappa shape index (κ2) is 10.1. The monoisotopic (exact) mass is 346 g/mol. The smallest absolute Gasteiger partial charge is 0.153 e. The second-order valence-electron chi connectivity index (χ2n) is 5.50. The van der Waals surface area contributed by atoms with Gasteiger partial charge in [0.25, 0.3) is 0 Å². The van der Waals surface area contributed by atoms with Crippen LogP contribution in [0.1, 0.15) is 23.2 Å². The van der Waals surface area contributed by atoms with E-state index in [0.29, 0.717) is 22.9 Å². The summed E-state index contributed by atoms with van der Waals surface area (Å²) < 4.78 is 5.67. The Balaban J connectivity index is 0.00000242. The molecule has 1 aliphatic rings. The maximum atomic E-state index is 11.0. The van der Waals surface area contributed by atoms with Crippen LogP contribution in [-0.4, -0.2) is 62.5 Å². The summed E-state index contributed by atoms with van der Waals surface area (Å²) in [5.74, 6) is 0.619. The van der Waals surface area contributed by atoms with Gasteiger partial charge >= 0.3 is 0 Å². The van der Waals surface area contributed by atoms with Crippen LogP contribution in [0.5, 0.6) is 5.75 Å². The third-order valence-corrected chi connectivity index (χ3v) is 4.06. The number of piperazine rings is 1. The molecule has 0 aliphatic carbocycles. The Morgan fingerprint density at radius 1 is 1.23 bits per heavy atom. The number of unbranched alkanes of at least 4 members (excludes halogenated alkanes) is 1. The Hall–Kier alpha value is -0.810. The third-order valence-electron chi connectivity index (χ3n) is 3.82. The summed E-state index contributed by atoms with van der Waals surface area (Å²) in [6.45, 7) is 6.39. The molecule has 1 aliphatic heterocycles. The van der Waals surface area contributed by atoms with Gasteiger partial charge in [-0.1, -0.05) is 11.6 Å². The molecule has 0 bridgehead atoms. The van der Waals surface area contributed by atoms with E-state index < -0.39 is 0 Å². The average molecular weight is 347 g/mol. The number of ether oxygens (including phenoxy) is 1. The fourth-order valence-corrected chi connectivity index (χ4v) is 2.61. The van der Waals surface area contributed by atoms with Gasteiger partial charge in [-0.25, -0.2) is 0 Å². The van der Waals surface area contributed by atoms with Crippen LogP contribution >= 0.6 is 24.0 Å². The fraction of sp³-hybridized carbons (Fsp3) is 0.562. The van der Waals surface area contributed by atoms with Crippen LogP contribution in [0.2, 0.25) is 5.02 Å². The van der Waals surface area contributed by atoms with Crippen LogP contribution in [0.25, 0.3) is 0 Å². The van der Waals surface area contributed by atoms with Gasteiger partial charge in [-0.05, 0) is 44.6 Å². The minimum Gasteiger partial charge on any atom is -0.493 e. The van der Waals surface area contributed by atoms with Crippen molar-refractivity contribution in [1.82, 2.24) is 9.80 Å². The van der Waals surface area contributed by atoms with E-state index in [-0.39, 0.29) is 12.4 Å². The van der Waals surface area contributed by atoms with Gasteiger partial charge in [-0.2, -0.15) is 0 Å². The molecule has 0 unspecified atom stereocenters. The number of likely N-dealkylation sites (N-methyl/N-ethyl adjacent to an activating group) is 1. The van der Waals surface area contributed by atoms with Crippen molar-refractivity contribution in [2.75, 3.05) is 46.4 Å². The number of hydrogen-bond donors (Lipinski definition) is 0. The minimum atomic E-state index is 0. The molecule has 0 radical (unpaired) electrons. The van der Waals surface area contributed by atoms with E-state index in [4.69, 9.17) is 16.3 Å². The number of rotatable bonds is 7. The highest BCUT2D eigenvalue weighted by molar-refractivity contribution is 6.30. The number of nitrogens with zero attached hydrogens (tertiary/aromatic N) is 2. The Morgan fingerprint density at radius 2 is 1.95 bits per heavy atom. The molecule has 1 aromatic carbocycles. The molecule has 4 nitrogen and oxygen atoms in total. The molecule has 124 valence electrons. The summed E-state index contributed by atoms with van der Waals surface area (Å²) in [4.78, 5) is 15.8. The zero-order valence-electron chi connectivity index (χ0n) is 13.0. The van der Waals surface area contributed by atoms with Gasteiger partial charge in [-0.15, -0.1) is 12.4 Å². The van der Waals surface area contributed by atoms with Crippen molar-refractivity contribution in [2.24, 2.45) is 0 Å². The van der Waals surface area contributed by atoms with E-state index in [2.05, 4.69) is 16.8 Å². The molecule has 22 heavy (non-hydrogen) atoms. The number of benzene rings is 1. The van der Waals surface area contributed by atoms with Crippen LogP contribution in [-0.2, 0) is 0 Å². The van der Waals surface area contributed by atoms with Gasteiger partial charge in [0.1, 0.15) is 5.75 Å². The SMILES string of the molecule is CN1CCN(CCCCOc2ccc(Cl)cc2C=O)CC1.Cl. The maximum absolute atomic E-state index is 11.0. The number of carbonyl (C=O) groups is 1. The molecule has 0 atom stereocenters. The van der Waals surface area contributed by atoms with Crippen molar-refractivity contribution >= 4 is 30.3 Å². The summed E-state index contributed by atoms with van der Waals surface area (Å²) in [6, 6.07) is 5.13. The van der Waals surface area contributed by atoms with Crippen LogP contribution in [0.4, 0.5) is 0 Å². The zero-order valence-corrected chi connectivity index (χ0v) is 14.5. The lowest BCUT2D eigenvalue weighted by Gasteiger charge is -2.32. The molecule has 1 saturated heterocycles. The highest BCUT2D eigenvalue weighted by Gasteiger charge is 2.12. The normalized spacial score (nSPS) is 16.1. The molecule has 1 aromatic rings. The van der Waals surface area contributed by atoms with Gasteiger partial charge in [-0.3, -0.25) is 4.79 Å². The number of halogens is 2. The largest absolute Gasteiger partial charge is 0.493 e. The quantitative estimate of drug-likeness (QED) is 0.561. The summed E-state index contributed by atoms with van der Waals surface area (Å²) in [5.41, 5.74) is 0.515. The van der Waals surface area contributed by atoms with E-state index in [0.717, 1.165) is 51.9 Å². The number of carbonyl (C=O) groups excluding carboxylic acids is 1. The fourth-order valence-electron chi connectivity index (χ4n) is 2.43. The van der Waals surface area contributed by atoms with Crippen LogP contribution < -0.4 is 4.74 Å². The minimum absolute atomic E-state index is 0. The van der Waals surface area contributed by atoms with Gasteiger partial charge in [0.15, 0.2) is 6.29 Å². The van der Waals surface area contributed by atoms with Gasteiger partial charge in [0.05, 0.1) is 12.2 Å². The first kappa shape index (κ1) is 19.2. The standard InChI is InChI=1S/C16H23ClN2O2.ClH/c1-18-7-9-19(10-8-18)6-2-3-11-21-16-5-4-15(17)12-14(16)13-20;/h4-5,12-13H,2-3,6-11H2,1H3;1H. The van der Waals surface area contributed by atoms with Gasteiger partial charge < -0.3 is 14.5 Å². The lowest BCUT2D eigenvalue weighted by atomic mass is 10.2. The van der Waals surface area contributed by atoms with Crippen molar-refractivity contribution in [2.45, 2.75) is 12.8 Å². The topological polar surface area (TPSA) is 32.8 Å². The Kier molecular flexibility index (Phi) is 8.79. The van der Waals surface area contributed by atoms with Crippen molar-refractivity contribution in [3.63, 3.8) is 0 Å². The lowest BCUT2D eigenvalue weighted by molar-refractivity contribution is 0.111. The third kappa shape index (κ3) is 6.13. The summed E-state index contributed by atoms with van der Waals surface area (Å²) in [6.07, 6.45) is 2.90. The number of aldehydes is 1. The molecule has 0 amide bonds. The average Bonchev–Trinajstić information content (AvgIpc) is 2.50. The lowest BCUT2D eigenvalue weighted by Crippen LogP contribution is -2.44. The van der Waals surface area contributed by atoms with E-state index in [1.54, 1.807) is 18.2 Å². The number of hydrogen-bond acceptors (Lipinski definition) is 4. The van der Waals surface area contributed by atoms with Crippen molar-refractivity contribution in [1.29, 1.82) is 0 Å². The predicted octanol–water partition coefficient (Wildman–Crippen LogP) is 2.98. The summed E-state index contributed by atoms with van der Waals surface area (Å²) in [7, 11) is 2.17. The van der Waals surface area contributed by atoms with E-state index in [9.17, 15) is 4.79 Å². The Bertz CT molecular complexity index is 463. The Labute approximate surface area is 143 Å². The highest BCUT2D eigenvalue weighted by Crippen LogP contribution is 2.21. The molecular formula is C16H24Cl2N2O2. The van der Waals surface area contributed by atoms with Crippen molar-refractivity contribution < 1.29 is 9.53 Å². The zero-order chi connectivity index (χ0) is 15.1. The predicted molar refractivity (Wildman–Crippen MR) is 92.8 cm³/mol. The first-order valence-electron chi connectivity index (χ1n) is 7.47. The molecule has 1 heterocycles. The van der Waals surface area contributed by atoms with Crippen LogP contribution in [0.3, 0.4) is 0 Å². The molecule has 2 rings (SSSR count). The Morgan fingerprint density at radius 3 is 2.64 bits per heavy atom. The second-order valence-corrected chi connectivity index (χ2v) is 5.94. The van der Waals surface area contributed by atoms with Crippen LogP contribution in [0.15, 0.2) is 18.2 Å². The van der Waals surface area contributed by atoms with Gasteiger partial charge in [0, 0.05) is 31.2 Å². The molecule has 0 spiro atoms. The molecular weight excluding hydrogens is 323 g/mol. The molecule has 0 aromatic heterocycles. The highest BCUT2D eigenvalue weighted by atomic mass is 35.5. The summed E-state index contributed by atoms with van der Waals surface area (Å²) in [5, 5.41) is 0.555. The molecule has 0 N–H and O–H groups in total. The first-order chi connectivity index (χ1) is 10.2. The van der Waals surface area contributed by atoms with Crippen molar-refractivity contribution in [3.05, 3.63) is 28.8 Å². The van der Waals surface area contributed by atoms with E-state index in [1.807, 2.05) is 0 Å². The van der Waals surface area contributed by atoms with Crippen molar-refractivity contribution in [3.8, 4) is 5.75 Å². The van der Waals surface area contributed by atoms with E-state index >= 15 is 0 Å². The van der Waals surface area contributed by atoms with Gasteiger partial charge in [0.2, 0.25) is 0 Å². The maximum Gasteiger partial charge on any atom is 0.153 e.